The topological polar surface area (TPSA) is 59.8 Å². The first kappa shape index (κ1) is 14.9. The Morgan fingerprint density at radius 2 is 1.83 bits per heavy atom. The molecule has 0 aliphatic carbocycles. The lowest BCUT2D eigenvalue weighted by molar-refractivity contribution is 0.0940. The second-order valence-electron chi connectivity index (χ2n) is 5.16. The van der Waals surface area contributed by atoms with Gasteiger partial charge in [-0.15, -0.1) is 5.10 Å². The van der Waals surface area contributed by atoms with Crippen LogP contribution in [0.15, 0.2) is 54.9 Å². The molecule has 3 aromatic rings. The molecular formula is C17H15FN4O. The summed E-state index contributed by atoms with van der Waals surface area (Å²) in [5.74, 6) is -0.591. The fraction of sp³-hybridized carbons (Fsp3) is 0.118. The van der Waals surface area contributed by atoms with Crippen molar-refractivity contribution in [2.45, 2.75) is 13.5 Å². The third-order valence-corrected chi connectivity index (χ3v) is 3.36. The van der Waals surface area contributed by atoms with Crippen LogP contribution < -0.4 is 5.32 Å². The molecular weight excluding hydrogens is 295 g/mol. The minimum absolute atomic E-state index is 0.0905. The molecule has 0 saturated carbocycles. The van der Waals surface area contributed by atoms with E-state index in [9.17, 15) is 9.18 Å². The molecule has 0 spiro atoms. The minimum Gasteiger partial charge on any atom is -0.345 e. The minimum atomic E-state index is -0.375. The SMILES string of the molecule is Cc1ccc(-n2cnc(C(=O)NCc3ccc(F)cc3)n2)cc1. The van der Waals surface area contributed by atoms with E-state index in [1.165, 1.54) is 18.5 Å². The van der Waals surface area contributed by atoms with E-state index in [4.69, 9.17) is 0 Å². The molecule has 2 aromatic carbocycles. The maximum absolute atomic E-state index is 12.8. The predicted molar refractivity (Wildman–Crippen MR) is 83.7 cm³/mol. The van der Waals surface area contributed by atoms with Crippen LogP contribution in [-0.2, 0) is 6.54 Å². The fourth-order valence-corrected chi connectivity index (χ4v) is 2.05. The van der Waals surface area contributed by atoms with Crippen LogP contribution in [-0.4, -0.2) is 20.7 Å². The number of nitrogens with one attached hydrogen (secondary N) is 1. The molecule has 1 heterocycles. The Hall–Kier alpha value is -3.02. The largest absolute Gasteiger partial charge is 0.345 e. The van der Waals surface area contributed by atoms with Crippen molar-refractivity contribution in [3.63, 3.8) is 0 Å². The van der Waals surface area contributed by atoms with Gasteiger partial charge in [0.15, 0.2) is 0 Å². The lowest BCUT2D eigenvalue weighted by Crippen LogP contribution is -2.24. The summed E-state index contributed by atoms with van der Waals surface area (Å²) < 4.78 is 14.4. The number of hydrogen-bond donors (Lipinski definition) is 1. The van der Waals surface area contributed by atoms with Crippen molar-refractivity contribution < 1.29 is 9.18 Å². The number of carbonyl (C=O) groups excluding carboxylic acids is 1. The maximum Gasteiger partial charge on any atom is 0.291 e. The van der Waals surface area contributed by atoms with Crippen molar-refractivity contribution in [2.75, 3.05) is 0 Å². The monoisotopic (exact) mass is 310 g/mol. The van der Waals surface area contributed by atoms with Crippen molar-refractivity contribution in [1.29, 1.82) is 0 Å². The molecule has 116 valence electrons. The molecule has 0 fully saturated rings. The third kappa shape index (κ3) is 3.60. The van der Waals surface area contributed by atoms with Crippen molar-refractivity contribution >= 4 is 5.91 Å². The summed E-state index contributed by atoms with van der Waals surface area (Å²) in [7, 11) is 0. The van der Waals surface area contributed by atoms with Crippen LogP contribution in [0.3, 0.4) is 0 Å². The molecule has 5 nitrogen and oxygen atoms in total. The Morgan fingerprint density at radius 3 is 2.52 bits per heavy atom. The first-order chi connectivity index (χ1) is 11.1. The van der Waals surface area contributed by atoms with Crippen LogP contribution in [0.25, 0.3) is 5.69 Å². The summed E-state index contributed by atoms with van der Waals surface area (Å²) in [5.41, 5.74) is 2.78. The standard InChI is InChI=1S/C17H15FN4O/c1-12-2-8-15(9-3-12)22-11-20-16(21-22)17(23)19-10-13-4-6-14(18)7-5-13/h2-9,11H,10H2,1H3,(H,19,23). The van der Waals surface area contributed by atoms with Gasteiger partial charge in [-0.2, -0.15) is 0 Å². The molecule has 0 aliphatic rings. The number of carbonyl (C=O) groups is 1. The first-order valence-electron chi connectivity index (χ1n) is 7.13. The quantitative estimate of drug-likeness (QED) is 0.806. The number of amides is 1. The Kier molecular flexibility index (Phi) is 4.14. The van der Waals surface area contributed by atoms with Gasteiger partial charge in [0.25, 0.3) is 5.91 Å². The molecule has 3 rings (SSSR count). The molecule has 0 atom stereocenters. The molecule has 0 radical (unpaired) electrons. The smallest absolute Gasteiger partial charge is 0.291 e. The fourth-order valence-electron chi connectivity index (χ4n) is 2.05. The van der Waals surface area contributed by atoms with E-state index in [2.05, 4.69) is 15.4 Å². The molecule has 1 aromatic heterocycles. The Balaban J connectivity index is 1.66. The number of hydrogen-bond acceptors (Lipinski definition) is 3. The van der Waals surface area contributed by atoms with Gasteiger partial charge >= 0.3 is 0 Å². The van der Waals surface area contributed by atoms with Crippen molar-refractivity contribution in [3.05, 3.63) is 77.6 Å². The van der Waals surface area contributed by atoms with Crippen molar-refractivity contribution in [3.8, 4) is 5.69 Å². The summed E-state index contributed by atoms with van der Waals surface area (Å²) >= 11 is 0. The summed E-state index contributed by atoms with van der Waals surface area (Å²) in [6.45, 7) is 2.29. The summed E-state index contributed by atoms with van der Waals surface area (Å²) in [6, 6.07) is 13.7. The zero-order valence-corrected chi connectivity index (χ0v) is 12.5. The van der Waals surface area contributed by atoms with Gasteiger partial charge in [0, 0.05) is 6.54 Å². The highest BCUT2D eigenvalue weighted by Crippen LogP contribution is 2.08. The van der Waals surface area contributed by atoms with Gasteiger partial charge in [0.1, 0.15) is 12.1 Å². The van der Waals surface area contributed by atoms with E-state index < -0.39 is 0 Å². The third-order valence-electron chi connectivity index (χ3n) is 3.36. The average molecular weight is 310 g/mol. The van der Waals surface area contributed by atoms with E-state index in [1.54, 1.807) is 16.8 Å². The Bertz CT molecular complexity index is 809. The van der Waals surface area contributed by atoms with E-state index >= 15 is 0 Å². The van der Waals surface area contributed by atoms with Crippen LogP contribution >= 0.6 is 0 Å². The Morgan fingerprint density at radius 1 is 1.13 bits per heavy atom. The molecule has 1 amide bonds. The Labute approximate surface area is 132 Å². The van der Waals surface area contributed by atoms with E-state index in [1.807, 2.05) is 31.2 Å². The number of aryl methyl sites for hydroxylation is 1. The van der Waals surface area contributed by atoms with Gasteiger partial charge in [-0.3, -0.25) is 4.79 Å². The maximum atomic E-state index is 12.8. The molecule has 0 aliphatic heterocycles. The highest BCUT2D eigenvalue weighted by molar-refractivity contribution is 5.90. The van der Waals surface area contributed by atoms with Crippen LogP contribution in [0.2, 0.25) is 0 Å². The number of rotatable bonds is 4. The molecule has 23 heavy (non-hydrogen) atoms. The molecule has 6 heteroatoms. The van der Waals surface area contributed by atoms with Crippen LogP contribution in [0.5, 0.6) is 0 Å². The second-order valence-corrected chi connectivity index (χ2v) is 5.16. The van der Waals surface area contributed by atoms with Crippen LogP contribution in [0, 0.1) is 12.7 Å². The molecule has 0 saturated heterocycles. The molecule has 0 bridgehead atoms. The molecule has 1 N–H and O–H groups in total. The van der Waals surface area contributed by atoms with E-state index in [0.29, 0.717) is 0 Å². The first-order valence-corrected chi connectivity index (χ1v) is 7.13. The van der Waals surface area contributed by atoms with Gasteiger partial charge in [-0.1, -0.05) is 29.8 Å². The van der Waals surface area contributed by atoms with E-state index in [0.717, 1.165) is 16.8 Å². The highest BCUT2D eigenvalue weighted by atomic mass is 19.1. The lowest BCUT2D eigenvalue weighted by atomic mass is 10.2. The number of aromatic nitrogens is 3. The summed E-state index contributed by atoms with van der Waals surface area (Å²) in [5, 5.41) is 6.88. The van der Waals surface area contributed by atoms with Gasteiger partial charge < -0.3 is 5.32 Å². The number of halogens is 1. The number of benzene rings is 2. The zero-order chi connectivity index (χ0) is 16.2. The highest BCUT2D eigenvalue weighted by Gasteiger charge is 2.11. The summed E-state index contributed by atoms with van der Waals surface area (Å²) in [6.07, 6.45) is 1.50. The second kappa shape index (κ2) is 6.39. The van der Waals surface area contributed by atoms with Crippen molar-refractivity contribution in [1.82, 2.24) is 20.1 Å². The zero-order valence-electron chi connectivity index (χ0n) is 12.5. The van der Waals surface area contributed by atoms with Gasteiger partial charge in [-0.25, -0.2) is 14.1 Å². The predicted octanol–water partition coefficient (Wildman–Crippen LogP) is 2.64. The molecule has 0 unspecified atom stereocenters. The summed E-state index contributed by atoms with van der Waals surface area (Å²) in [4.78, 5) is 16.1. The average Bonchev–Trinajstić information content (AvgIpc) is 3.05. The van der Waals surface area contributed by atoms with E-state index in [-0.39, 0.29) is 24.1 Å². The number of nitrogens with zero attached hydrogens (tertiary/aromatic N) is 3. The van der Waals surface area contributed by atoms with Gasteiger partial charge in [0.2, 0.25) is 5.82 Å². The van der Waals surface area contributed by atoms with Gasteiger partial charge in [-0.05, 0) is 36.8 Å². The normalized spacial score (nSPS) is 10.5. The van der Waals surface area contributed by atoms with Gasteiger partial charge in [0.05, 0.1) is 5.69 Å². The lowest BCUT2D eigenvalue weighted by Gasteiger charge is -2.03. The van der Waals surface area contributed by atoms with Crippen LogP contribution in [0.1, 0.15) is 21.7 Å². The van der Waals surface area contributed by atoms with Crippen LogP contribution in [0.4, 0.5) is 4.39 Å². The van der Waals surface area contributed by atoms with Crippen molar-refractivity contribution in [2.24, 2.45) is 0 Å².